The van der Waals surface area contributed by atoms with Gasteiger partial charge in [0.1, 0.15) is 0 Å². The van der Waals surface area contributed by atoms with E-state index in [1.165, 1.54) is 19.3 Å². The summed E-state index contributed by atoms with van der Waals surface area (Å²) in [5.74, 6) is 1.41. The Bertz CT molecular complexity index is 366. The molecule has 0 aromatic carbocycles. The van der Waals surface area contributed by atoms with Gasteiger partial charge in [-0.15, -0.1) is 0 Å². The Hall–Kier alpha value is -1.30. The fraction of sp³-hybridized carbons (Fsp3) is 0.875. The molecular weight excluding hydrogens is 276 g/mol. The minimum absolute atomic E-state index is 0.310. The van der Waals surface area contributed by atoms with Crippen LogP contribution in [-0.4, -0.2) is 61.5 Å². The van der Waals surface area contributed by atoms with Crippen molar-refractivity contribution in [1.29, 1.82) is 0 Å². The molecule has 4 N–H and O–H groups in total. The van der Waals surface area contributed by atoms with Gasteiger partial charge in [-0.1, -0.05) is 33.1 Å². The molecule has 1 aliphatic heterocycles. The Kier molecular flexibility index (Phi) is 8.89. The van der Waals surface area contributed by atoms with Crippen molar-refractivity contribution >= 4 is 11.9 Å². The Balaban J connectivity index is 2.52. The topological polar surface area (TPSA) is 83.2 Å². The first-order chi connectivity index (χ1) is 10.6. The highest BCUT2D eigenvalue weighted by molar-refractivity contribution is 5.93. The maximum absolute atomic E-state index is 6.08. The molecule has 0 aromatic rings. The predicted molar refractivity (Wildman–Crippen MR) is 95.1 cm³/mol. The van der Waals surface area contributed by atoms with E-state index in [9.17, 15) is 0 Å². The molecule has 0 saturated carbocycles. The molecule has 1 unspecified atom stereocenters. The third-order valence-corrected chi connectivity index (χ3v) is 4.33. The van der Waals surface area contributed by atoms with Gasteiger partial charge in [-0.2, -0.15) is 4.99 Å². The van der Waals surface area contributed by atoms with Crippen LogP contribution in [0.15, 0.2) is 9.98 Å². The summed E-state index contributed by atoms with van der Waals surface area (Å²) in [6.45, 7) is 9.10. The number of guanidine groups is 2. The number of nitrogens with zero attached hydrogens (tertiary/aromatic N) is 4. The third-order valence-electron chi connectivity index (χ3n) is 4.33. The first kappa shape index (κ1) is 18.7. The number of nitrogens with two attached hydrogens (primary N) is 2. The van der Waals surface area contributed by atoms with Gasteiger partial charge in [0.2, 0.25) is 5.96 Å². The van der Waals surface area contributed by atoms with Gasteiger partial charge in [0, 0.05) is 26.2 Å². The molecule has 128 valence electrons. The lowest BCUT2D eigenvalue weighted by Gasteiger charge is -2.21. The summed E-state index contributed by atoms with van der Waals surface area (Å²) in [5, 5.41) is 0. The number of hydrogen-bond acceptors (Lipinski definition) is 2. The van der Waals surface area contributed by atoms with Crippen LogP contribution in [0.4, 0.5) is 0 Å². The lowest BCUT2D eigenvalue weighted by molar-refractivity contribution is 0.345. The van der Waals surface area contributed by atoms with Crippen molar-refractivity contribution in [3.8, 4) is 0 Å². The van der Waals surface area contributed by atoms with Gasteiger partial charge in [-0.05, 0) is 32.4 Å². The average molecular weight is 310 g/mol. The summed E-state index contributed by atoms with van der Waals surface area (Å²) in [6, 6.07) is 0. The minimum Gasteiger partial charge on any atom is -0.369 e. The van der Waals surface area contributed by atoms with Crippen LogP contribution in [0.25, 0.3) is 0 Å². The van der Waals surface area contributed by atoms with E-state index in [-0.39, 0.29) is 0 Å². The van der Waals surface area contributed by atoms with Crippen LogP contribution in [0, 0.1) is 5.92 Å². The maximum atomic E-state index is 6.08. The SMILES string of the molecule is CCCCC(CC)CN=C(N)/N=C(/N)N1CCCN(C)CC1. The van der Waals surface area contributed by atoms with Gasteiger partial charge in [-0.3, -0.25) is 4.99 Å². The van der Waals surface area contributed by atoms with Crippen LogP contribution in [0.2, 0.25) is 0 Å². The summed E-state index contributed by atoms with van der Waals surface area (Å²) < 4.78 is 0. The van der Waals surface area contributed by atoms with Crippen molar-refractivity contribution in [2.24, 2.45) is 27.4 Å². The predicted octanol–water partition coefficient (Wildman–Crippen LogP) is 1.47. The molecule has 0 bridgehead atoms. The second-order valence-corrected chi connectivity index (χ2v) is 6.23. The molecule has 0 radical (unpaired) electrons. The van der Waals surface area contributed by atoms with E-state index in [1.807, 2.05) is 0 Å². The molecule has 6 heteroatoms. The van der Waals surface area contributed by atoms with E-state index < -0.39 is 0 Å². The molecule has 1 saturated heterocycles. The van der Waals surface area contributed by atoms with Gasteiger partial charge < -0.3 is 21.3 Å². The standard InChI is InChI=1S/C16H34N6/c1-4-6-8-14(5-2)13-19-15(17)20-16(18)22-10-7-9-21(3)11-12-22/h14H,4-13H2,1-3H3,(H4,17,18,19,20). The van der Waals surface area contributed by atoms with Gasteiger partial charge in [0.25, 0.3) is 0 Å². The first-order valence-corrected chi connectivity index (χ1v) is 8.64. The highest BCUT2D eigenvalue weighted by Crippen LogP contribution is 2.12. The number of unbranched alkanes of at least 4 members (excludes halogenated alkanes) is 1. The molecule has 1 atom stereocenters. The summed E-state index contributed by atoms with van der Waals surface area (Å²) in [4.78, 5) is 13.1. The molecule has 0 amide bonds. The molecular formula is C16H34N6. The molecule has 1 rings (SSSR count). The van der Waals surface area contributed by atoms with Crippen LogP contribution in [0.5, 0.6) is 0 Å². The second-order valence-electron chi connectivity index (χ2n) is 6.23. The molecule has 1 heterocycles. The number of rotatable bonds is 6. The lowest BCUT2D eigenvalue weighted by atomic mass is 10.00. The van der Waals surface area contributed by atoms with Crippen LogP contribution < -0.4 is 11.5 Å². The fourth-order valence-corrected chi connectivity index (χ4v) is 2.64. The van der Waals surface area contributed by atoms with Crippen LogP contribution in [-0.2, 0) is 0 Å². The number of aliphatic imine (C=N–C) groups is 2. The third kappa shape index (κ3) is 7.11. The first-order valence-electron chi connectivity index (χ1n) is 8.64. The van der Waals surface area contributed by atoms with Gasteiger partial charge in [0.15, 0.2) is 5.96 Å². The Morgan fingerprint density at radius 2 is 1.91 bits per heavy atom. The van der Waals surface area contributed by atoms with Crippen LogP contribution in [0.1, 0.15) is 46.0 Å². The summed E-state index contributed by atoms with van der Waals surface area (Å²) >= 11 is 0. The van der Waals surface area contributed by atoms with Crippen molar-refractivity contribution in [3.63, 3.8) is 0 Å². The van der Waals surface area contributed by atoms with E-state index in [2.05, 4.69) is 40.7 Å². The van der Waals surface area contributed by atoms with E-state index in [1.54, 1.807) is 0 Å². The molecule has 22 heavy (non-hydrogen) atoms. The lowest BCUT2D eigenvalue weighted by Crippen LogP contribution is -2.40. The highest BCUT2D eigenvalue weighted by atomic mass is 15.3. The molecule has 1 fully saturated rings. The zero-order valence-corrected chi connectivity index (χ0v) is 14.6. The second kappa shape index (κ2) is 10.4. The monoisotopic (exact) mass is 310 g/mol. The number of hydrogen-bond donors (Lipinski definition) is 2. The molecule has 0 aliphatic carbocycles. The van der Waals surface area contributed by atoms with Crippen molar-refractivity contribution < 1.29 is 0 Å². The van der Waals surface area contributed by atoms with E-state index >= 15 is 0 Å². The molecule has 0 aromatic heterocycles. The fourth-order valence-electron chi connectivity index (χ4n) is 2.64. The van der Waals surface area contributed by atoms with Crippen molar-refractivity contribution in [2.45, 2.75) is 46.0 Å². The Morgan fingerprint density at radius 3 is 2.59 bits per heavy atom. The smallest absolute Gasteiger partial charge is 0.218 e. The zero-order valence-electron chi connectivity index (χ0n) is 14.6. The maximum Gasteiger partial charge on any atom is 0.218 e. The quantitative estimate of drug-likeness (QED) is 0.575. The summed E-state index contributed by atoms with van der Waals surface area (Å²) in [7, 11) is 2.13. The largest absolute Gasteiger partial charge is 0.369 e. The van der Waals surface area contributed by atoms with Crippen molar-refractivity contribution in [3.05, 3.63) is 0 Å². The van der Waals surface area contributed by atoms with E-state index in [0.29, 0.717) is 17.8 Å². The summed E-state index contributed by atoms with van der Waals surface area (Å²) in [6.07, 6.45) is 5.92. The Labute approximate surface area is 135 Å². The van der Waals surface area contributed by atoms with E-state index in [0.717, 1.165) is 45.6 Å². The van der Waals surface area contributed by atoms with Crippen LogP contribution in [0.3, 0.4) is 0 Å². The average Bonchev–Trinajstić information content (AvgIpc) is 2.72. The zero-order chi connectivity index (χ0) is 16.4. The minimum atomic E-state index is 0.310. The normalized spacial score (nSPS) is 20.0. The highest BCUT2D eigenvalue weighted by Gasteiger charge is 2.14. The van der Waals surface area contributed by atoms with Gasteiger partial charge >= 0.3 is 0 Å². The molecule has 1 aliphatic rings. The van der Waals surface area contributed by atoms with Gasteiger partial charge in [0.05, 0.1) is 0 Å². The summed E-state index contributed by atoms with van der Waals surface area (Å²) in [5.41, 5.74) is 12.0. The van der Waals surface area contributed by atoms with Crippen molar-refractivity contribution in [1.82, 2.24) is 9.80 Å². The molecule has 6 nitrogen and oxygen atoms in total. The van der Waals surface area contributed by atoms with Gasteiger partial charge in [-0.25, -0.2) is 0 Å². The van der Waals surface area contributed by atoms with Crippen LogP contribution >= 0.6 is 0 Å². The van der Waals surface area contributed by atoms with Crippen molar-refractivity contribution in [2.75, 3.05) is 39.8 Å². The molecule has 0 spiro atoms. The Morgan fingerprint density at radius 1 is 1.14 bits per heavy atom. The van der Waals surface area contributed by atoms with E-state index in [4.69, 9.17) is 11.5 Å². The number of likely N-dealkylation sites (N-methyl/N-ethyl adjacent to an activating group) is 1.